The normalized spacial score (nSPS) is 17.9. The number of nitrogens with one attached hydrogen (secondary N) is 1. The summed E-state index contributed by atoms with van der Waals surface area (Å²) < 4.78 is 5.03. The Hall–Kier alpha value is -1.36. The van der Waals surface area contributed by atoms with Crippen molar-refractivity contribution in [2.45, 2.75) is 39.7 Å². The van der Waals surface area contributed by atoms with Crippen LogP contribution in [-0.4, -0.2) is 36.1 Å². The lowest BCUT2D eigenvalue weighted by molar-refractivity contribution is -0.131. The molecule has 1 amide bonds. The van der Waals surface area contributed by atoms with E-state index in [1.54, 1.807) is 4.90 Å². The van der Waals surface area contributed by atoms with Crippen LogP contribution in [0.1, 0.15) is 37.6 Å². The van der Waals surface area contributed by atoms with Gasteiger partial charge in [0.05, 0.1) is 6.54 Å². The SMILES string of the molecule is Cc1cc(CN(C)C(=O)CC(C)C2CCNCC2)no1. The van der Waals surface area contributed by atoms with Gasteiger partial charge in [-0.1, -0.05) is 12.1 Å². The average molecular weight is 279 g/mol. The maximum Gasteiger partial charge on any atom is 0.222 e. The van der Waals surface area contributed by atoms with Gasteiger partial charge in [-0.05, 0) is 44.7 Å². The molecule has 1 unspecified atom stereocenters. The van der Waals surface area contributed by atoms with E-state index in [2.05, 4.69) is 17.4 Å². The highest BCUT2D eigenvalue weighted by molar-refractivity contribution is 5.76. The van der Waals surface area contributed by atoms with E-state index in [-0.39, 0.29) is 5.91 Å². The zero-order valence-electron chi connectivity index (χ0n) is 12.7. The summed E-state index contributed by atoms with van der Waals surface area (Å²) in [7, 11) is 1.83. The summed E-state index contributed by atoms with van der Waals surface area (Å²) in [6, 6.07) is 1.88. The van der Waals surface area contributed by atoms with Crippen LogP contribution >= 0.6 is 0 Å². The molecular formula is C15H25N3O2. The maximum atomic E-state index is 12.3. The summed E-state index contributed by atoms with van der Waals surface area (Å²) in [5.41, 5.74) is 0.813. The molecule has 1 N–H and O–H groups in total. The maximum absolute atomic E-state index is 12.3. The fourth-order valence-electron chi connectivity index (χ4n) is 2.83. The van der Waals surface area contributed by atoms with E-state index in [9.17, 15) is 4.79 Å². The van der Waals surface area contributed by atoms with Crippen molar-refractivity contribution in [2.75, 3.05) is 20.1 Å². The Kier molecular flexibility index (Phi) is 5.17. The van der Waals surface area contributed by atoms with Gasteiger partial charge >= 0.3 is 0 Å². The zero-order chi connectivity index (χ0) is 14.5. The number of carbonyl (C=O) groups excluding carboxylic acids is 1. The number of nitrogens with zero attached hydrogens (tertiary/aromatic N) is 2. The number of hydrogen-bond donors (Lipinski definition) is 1. The fourth-order valence-corrected chi connectivity index (χ4v) is 2.83. The van der Waals surface area contributed by atoms with Crippen LogP contribution in [0.15, 0.2) is 10.6 Å². The van der Waals surface area contributed by atoms with Crippen LogP contribution in [0.2, 0.25) is 0 Å². The number of rotatable bonds is 5. The molecule has 1 aliphatic heterocycles. The largest absolute Gasteiger partial charge is 0.361 e. The molecule has 1 saturated heterocycles. The van der Waals surface area contributed by atoms with Crippen LogP contribution in [0.3, 0.4) is 0 Å². The van der Waals surface area contributed by atoms with Gasteiger partial charge in [-0.25, -0.2) is 0 Å². The molecule has 1 atom stereocenters. The number of hydrogen-bond acceptors (Lipinski definition) is 4. The van der Waals surface area contributed by atoms with Crippen molar-refractivity contribution < 1.29 is 9.32 Å². The van der Waals surface area contributed by atoms with Gasteiger partial charge in [0, 0.05) is 19.5 Å². The molecule has 5 nitrogen and oxygen atoms in total. The molecule has 0 spiro atoms. The van der Waals surface area contributed by atoms with E-state index in [0.717, 1.165) is 24.5 Å². The second-order valence-corrected chi connectivity index (χ2v) is 5.95. The summed E-state index contributed by atoms with van der Waals surface area (Å²) in [5.74, 6) is 2.09. The molecule has 112 valence electrons. The van der Waals surface area contributed by atoms with E-state index in [4.69, 9.17) is 4.52 Å². The molecule has 2 heterocycles. The first-order valence-electron chi connectivity index (χ1n) is 7.43. The van der Waals surface area contributed by atoms with Crippen molar-refractivity contribution in [1.29, 1.82) is 0 Å². The van der Waals surface area contributed by atoms with Crippen LogP contribution in [0.5, 0.6) is 0 Å². The first kappa shape index (κ1) is 15.0. The van der Waals surface area contributed by atoms with Gasteiger partial charge in [0.25, 0.3) is 0 Å². The van der Waals surface area contributed by atoms with Gasteiger partial charge in [-0.3, -0.25) is 4.79 Å². The van der Waals surface area contributed by atoms with Crippen molar-refractivity contribution in [3.05, 3.63) is 17.5 Å². The van der Waals surface area contributed by atoms with Crippen LogP contribution in [0.4, 0.5) is 0 Å². The van der Waals surface area contributed by atoms with Crippen LogP contribution < -0.4 is 5.32 Å². The fraction of sp³-hybridized carbons (Fsp3) is 0.733. The van der Waals surface area contributed by atoms with E-state index in [1.807, 2.05) is 20.0 Å². The van der Waals surface area contributed by atoms with E-state index >= 15 is 0 Å². The van der Waals surface area contributed by atoms with Crippen molar-refractivity contribution >= 4 is 5.91 Å². The smallest absolute Gasteiger partial charge is 0.222 e. The Bertz CT molecular complexity index is 438. The number of carbonyl (C=O) groups is 1. The van der Waals surface area contributed by atoms with Gasteiger partial charge in [-0.15, -0.1) is 0 Å². The lowest BCUT2D eigenvalue weighted by Crippen LogP contribution is -2.34. The summed E-state index contributed by atoms with van der Waals surface area (Å²) in [6.45, 7) is 6.74. The molecule has 1 aromatic heterocycles. The van der Waals surface area contributed by atoms with Crippen molar-refractivity contribution in [3.8, 4) is 0 Å². The van der Waals surface area contributed by atoms with Gasteiger partial charge in [0.1, 0.15) is 11.5 Å². The monoisotopic (exact) mass is 279 g/mol. The van der Waals surface area contributed by atoms with Gasteiger partial charge in [0.2, 0.25) is 5.91 Å². The Balaban J connectivity index is 1.80. The standard InChI is InChI=1S/C15H25N3O2/c1-11(13-4-6-16-7-5-13)8-15(19)18(3)10-14-9-12(2)20-17-14/h9,11,13,16H,4-8,10H2,1-3H3. The third kappa shape index (κ3) is 4.07. The number of aromatic nitrogens is 1. The van der Waals surface area contributed by atoms with Crippen molar-refractivity contribution in [1.82, 2.24) is 15.4 Å². The highest BCUT2D eigenvalue weighted by atomic mass is 16.5. The molecular weight excluding hydrogens is 254 g/mol. The molecule has 0 radical (unpaired) electrons. The highest BCUT2D eigenvalue weighted by Crippen LogP contribution is 2.24. The number of piperidine rings is 1. The first-order chi connectivity index (χ1) is 9.56. The second kappa shape index (κ2) is 6.88. The second-order valence-electron chi connectivity index (χ2n) is 5.95. The molecule has 5 heteroatoms. The Morgan fingerprint density at radius 1 is 1.55 bits per heavy atom. The summed E-state index contributed by atoms with van der Waals surface area (Å²) in [6.07, 6.45) is 2.99. The predicted molar refractivity (Wildman–Crippen MR) is 77.1 cm³/mol. The minimum Gasteiger partial charge on any atom is -0.361 e. The van der Waals surface area contributed by atoms with Crippen molar-refractivity contribution in [2.24, 2.45) is 11.8 Å². The molecule has 0 bridgehead atoms. The molecule has 0 saturated carbocycles. The van der Waals surface area contributed by atoms with Gasteiger partial charge < -0.3 is 14.7 Å². The summed E-state index contributed by atoms with van der Waals surface area (Å²) in [4.78, 5) is 14.0. The third-order valence-electron chi connectivity index (χ3n) is 4.19. The van der Waals surface area contributed by atoms with Gasteiger partial charge in [0.15, 0.2) is 0 Å². The number of aryl methyl sites for hydroxylation is 1. The minimum absolute atomic E-state index is 0.191. The van der Waals surface area contributed by atoms with Crippen molar-refractivity contribution in [3.63, 3.8) is 0 Å². The lowest BCUT2D eigenvalue weighted by atomic mass is 9.84. The number of amides is 1. The molecule has 1 aromatic rings. The first-order valence-corrected chi connectivity index (χ1v) is 7.43. The molecule has 20 heavy (non-hydrogen) atoms. The van der Waals surface area contributed by atoms with Crippen LogP contribution in [0, 0.1) is 18.8 Å². The highest BCUT2D eigenvalue weighted by Gasteiger charge is 2.23. The Morgan fingerprint density at radius 3 is 2.85 bits per heavy atom. The van der Waals surface area contributed by atoms with E-state index in [1.165, 1.54) is 12.8 Å². The minimum atomic E-state index is 0.191. The lowest BCUT2D eigenvalue weighted by Gasteiger charge is -2.29. The molecule has 0 aliphatic carbocycles. The third-order valence-corrected chi connectivity index (χ3v) is 4.19. The molecule has 1 aliphatic rings. The van der Waals surface area contributed by atoms with E-state index in [0.29, 0.717) is 24.8 Å². The predicted octanol–water partition coefficient (Wildman–Crippen LogP) is 1.97. The summed E-state index contributed by atoms with van der Waals surface area (Å²) in [5, 5.41) is 7.30. The molecule has 2 rings (SSSR count). The van der Waals surface area contributed by atoms with Crippen LogP contribution in [0.25, 0.3) is 0 Å². The summed E-state index contributed by atoms with van der Waals surface area (Å²) >= 11 is 0. The zero-order valence-corrected chi connectivity index (χ0v) is 12.7. The Morgan fingerprint density at radius 2 is 2.25 bits per heavy atom. The topological polar surface area (TPSA) is 58.4 Å². The van der Waals surface area contributed by atoms with Crippen LogP contribution in [-0.2, 0) is 11.3 Å². The molecule has 0 aromatic carbocycles. The van der Waals surface area contributed by atoms with E-state index < -0.39 is 0 Å². The quantitative estimate of drug-likeness (QED) is 0.895. The molecule has 1 fully saturated rings. The van der Waals surface area contributed by atoms with Gasteiger partial charge in [-0.2, -0.15) is 0 Å². The Labute approximate surface area is 120 Å². The average Bonchev–Trinajstić information content (AvgIpc) is 2.85.